The molecule has 4 aromatic heterocycles. The molecular weight excluding hydrogens is 448 g/mol. The molecule has 5 aromatic rings. The van der Waals surface area contributed by atoms with Crippen LogP contribution in [0.2, 0.25) is 0 Å². The number of carbonyl (C=O) groups is 1. The Morgan fingerprint density at radius 3 is 2.97 bits per heavy atom. The smallest absolute Gasteiger partial charge is 0.242 e. The second-order valence-electron chi connectivity index (χ2n) is 8.71. The fourth-order valence-corrected chi connectivity index (χ4v) is 5.46. The van der Waals surface area contributed by atoms with Crippen LogP contribution >= 0.6 is 11.3 Å². The number of aryl methyl sites for hydroxylation is 1. The number of amides is 1. The summed E-state index contributed by atoms with van der Waals surface area (Å²) < 4.78 is 1.82. The van der Waals surface area contributed by atoms with Crippen LogP contribution in [-0.2, 0) is 11.3 Å². The molecule has 0 radical (unpaired) electrons. The van der Waals surface area contributed by atoms with Crippen LogP contribution in [0, 0.1) is 6.92 Å². The molecule has 1 saturated heterocycles. The lowest BCUT2D eigenvalue weighted by Crippen LogP contribution is -2.54. The molecule has 6 rings (SSSR count). The van der Waals surface area contributed by atoms with Crippen molar-refractivity contribution in [2.45, 2.75) is 26.4 Å². The number of nitrogens with one attached hydrogen (secondary N) is 1. The molecule has 9 nitrogen and oxygen atoms in total. The minimum atomic E-state index is 0.0669. The van der Waals surface area contributed by atoms with Gasteiger partial charge in [-0.1, -0.05) is 6.07 Å². The number of imidazole rings is 2. The van der Waals surface area contributed by atoms with Gasteiger partial charge < -0.3 is 19.4 Å². The number of fused-ring (bicyclic) bond motifs is 2. The summed E-state index contributed by atoms with van der Waals surface area (Å²) in [6.45, 7) is 6.54. The molecule has 0 saturated carbocycles. The van der Waals surface area contributed by atoms with Gasteiger partial charge in [0, 0.05) is 31.9 Å². The molecule has 34 heavy (non-hydrogen) atoms. The number of nitrogens with zero attached hydrogens (tertiary/aromatic N) is 7. The highest BCUT2D eigenvalue weighted by molar-refractivity contribution is 7.14. The Bertz CT molecular complexity index is 1500. The van der Waals surface area contributed by atoms with E-state index in [1.54, 1.807) is 23.9 Å². The van der Waals surface area contributed by atoms with Crippen molar-refractivity contribution in [2.24, 2.45) is 0 Å². The lowest BCUT2D eigenvalue weighted by molar-refractivity contribution is -0.134. The molecular formula is C24H24N8OS. The number of rotatable bonds is 4. The lowest BCUT2D eigenvalue weighted by atomic mass is 10.2. The molecule has 10 heteroatoms. The van der Waals surface area contributed by atoms with Gasteiger partial charge in [-0.3, -0.25) is 4.79 Å². The van der Waals surface area contributed by atoms with E-state index in [0.29, 0.717) is 6.54 Å². The highest BCUT2D eigenvalue weighted by Crippen LogP contribution is 2.34. The quantitative estimate of drug-likeness (QED) is 0.430. The third kappa shape index (κ3) is 3.60. The summed E-state index contributed by atoms with van der Waals surface area (Å²) in [5.74, 6) is 0.858. The Hall–Kier alpha value is -3.79. The molecule has 1 fully saturated rings. The number of aromatic nitrogens is 6. The van der Waals surface area contributed by atoms with E-state index in [2.05, 4.69) is 50.8 Å². The maximum absolute atomic E-state index is 13.1. The van der Waals surface area contributed by atoms with Gasteiger partial charge in [-0.15, -0.1) is 11.3 Å². The molecule has 0 spiro atoms. The maximum atomic E-state index is 13.1. The van der Waals surface area contributed by atoms with Gasteiger partial charge in [0.05, 0.1) is 22.9 Å². The summed E-state index contributed by atoms with van der Waals surface area (Å²) in [4.78, 5) is 38.9. The van der Waals surface area contributed by atoms with E-state index in [1.807, 2.05) is 33.2 Å². The van der Waals surface area contributed by atoms with Crippen LogP contribution in [0.3, 0.4) is 0 Å². The van der Waals surface area contributed by atoms with Crippen LogP contribution in [-0.4, -0.2) is 66.0 Å². The average molecular weight is 473 g/mol. The number of thiazole rings is 1. The number of hydrogen-bond acceptors (Lipinski definition) is 7. The van der Waals surface area contributed by atoms with Crippen molar-refractivity contribution in [2.75, 3.05) is 24.5 Å². The van der Waals surface area contributed by atoms with Crippen molar-refractivity contribution in [3.8, 4) is 11.5 Å². The molecule has 0 aliphatic carbocycles. The second kappa shape index (κ2) is 8.21. The summed E-state index contributed by atoms with van der Waals surface area (Å²) in [6.07, 6.45) is 3.41. The minimum Gasteiger partial charge on any atom is -0.358 e. The van der Waals surface area contributed by atoms with Crippen molar-refractivity contribution in [3.05, 3.63) is 53.9 Å². The van der Waals surface area contributed by atoms with Crippen molar-refractivity contribution in [1.82, 2.24) is 34.4 Å². The molecule has 172 valence electrons. The number of benzene rings is 1. The molecule has 5 heterocycles. The van der Waals surface area contributed by atoms with E-state index in [9.17, 15) is 4.79 Å². The largest absolute Gasteiger partial charge is 0.358 e. The second-order valence-corrected chi connectivity index (χ2v) is 9.55. The van der Waals surface area contributed by atoms with Gasteiger partial charge in [0.2, 0.25) is 5.91 Å². The summed E-state index contributed by atoms with van der Waals surface area (Å²) in [7, 11) is 0. The van der Waals surface area contributed by atoms with E-state index < -0.39 is 0 Å². The zero-order chi connectivity index (χ0) is 23.2. The Labute approximate surface area is 200 Å². The number of piperazine rings is 1. The molecule has 1 aliphatic rings. The molecule has 1 amide bonds. The topological polar surface area (TPSA) is 95.8 Å². The van der Waals surface area contributed by atoms with E-state index in [1.165, 1.54) is 5.56 Å². The first-order chi connectivity index (χ1) is 16.6. The summed E-state index contributed by atoms with van der Waals surface area (Å²) in [5.41, 5.74) is 7.40. The third-order valence-electron chi connectivity index (χ3n) is 6.33. The van der Waals surface area contributed by atoms with Crippen molar-refractivity contribution in [1.29, 1.82) is 0 Å². The molecule has 1 atom stereocenters. The van der Waals surface area contributed by atoms with Gasteiger partial charge in [0.25, 0.3) is 0 Å². The van der Waals surface area contributed by atoms with Crippen molar-refractivity contribution >= 4 is 44.4 Å². The number of anilines is 1. The third-order valence-corrected chi connectivity index (χ3v) is 7.21. The normalized spacial score (nSPS) is 16.6. The van der Waals surface area contributed by atoms with Crippen molar-refractivity contribution in [3.63, 3.8) is 0 Å². The lowest BCUT2D eigenvalue weighted by Gasteiger charge is -2.40. The van der Waals surface area contributed by atoms with Gasteiger partial charge in [-0.2, -0.15) is 0 Å². The monoisotopic (exact) mass is 472 g/mol. The van der Waals surface area contributed by atoms with Gasteiger partial charge in [-0.05, 0) is 43.7 Å². The van der Waals surface area contributed by atoms with Crippen LogP contribution in [0.5, 0.6) is 0 Å². The van der Waals surface area contributed by atoms with Crippen LogP contribution < -0.4 is 4.90 Å². The summed E-state index contributed by atoms with van der Waals surface area (Å²) >= 11 is 1.61. The SMILES string of the molecule is Cc1ccc2nc(-c3ncsc3N3CCN(C(=O)Cn4cnc5cccnc54)C(C)C3)[nH]c2c1. The average Bonchev–Trinajstić information content (AvgIpc) is 3.57. The Kier molecular flexibility index (Phi) is 5.02. The van der Waals surface area contributed by atoms with E-state index in [-0.39, 0.29) is 18.5 Å². The van der Waals surface area contributed by atoms with Crippen LogP contribution in [0.15, 0.2) is 48.4 Å². The first-order valence-electron chi connectivity index (χ1n) is 11.3. The highest BCUT2D eigenvalue weighted by atomic mass is 32.1. The van der Waals surface area contributed by atoms with Gasteiger partial charge in [0.15, 0.2) is 11.5 Å². The Morgan fingerprint density at radius 2 is 2.09 bits per heavy atom. The van der Waals surface area contributed by atoms with E-state index in [4.69, 9.17) is 4.98 Å². The molecule has 1 unspecified atom stereocenters. The number of pyridine rings is 1. The highest BCUT2D eigenvalue weighted by Gasteiger charge is 2.30. The fraction of sp³-hybridized carbons (Fsp3) is 0.292. The number of carbonyl (C=O) groups excluding carboxylic acids is 1. The summed E-state index contributed by atoms with van der Waals surface area (Å²) in [5, 5.41) is 1.08. The molecule has 0 bridgehead atoms. The van der Waals surface area contributed by atoms with E-state index in [0.717, 1.165) is 51.8 Å². The zero-order valence-electron chi connectivity index (χ0n) is 19.0. The van der Waals surface area contributed by atoms with Crippen LogP contribution in [0.25, 0.3) is 33.7 Å². The number of aromatic amines is 1. The number of H-pyrrole nitrogens is 1. The first kappa shape index (κ1) is 20.8. The van der Waals surface area contributed by atoms with Gasteiger partial charge in [0.1, 0.15) is 22.8 Å². The Morgan fingerprint density at radius 1 is 1.18 bits per heavy atom. The molecule has 1 N–H and O–H groups in total. The van der Waals surface area contributed by atoms with Crippen LogP contribution in [0.4, 0.5) is 5.00 Å². The van der Waals surface area contributed by atoms with Gasteiger partial charge >= 0.3 is 0 Å². The summed E-state index contributed by atoms with van der Waals surface area (Å²) in [6, 6.07) is 10.0. The Balaban J connectivity index is 1.19. The molecule has 1 aliphatic heterocycles. The molecule has 1 aromatic carbocycles. The zero-order valence-corrected chi connectivity index (χ0v) is 19.8. The minimum absolute atomic E-state index is 0.0669. The predicted molar refractivity (Wildman–Crippen MR) is 133 cm³/mol. The van der Waals surface area contributed by atoms with Crippen LogP contribution in [0.1, 0.15) is 12.5 Å². The maximum Gasteiger partial charge on any atom is 0.242 e. The van der Waals surface area contributed by atoms with E-state index >= 15 is 0 Å². The number of hydrogen-bond donors (Lipinski definition) is 1. The standard InChI is InChI=1S/C24H24N8OS/c1-15-5-6-17-19(10-15)29-22(28-17)21-24(34-14-27-21)30-8-9-32(16(2)11-30)20(33)12-31-13-26-18-4-3-7-25-23(18)31/h3-7,10,13-14,16H,8-9,11-12H2,1-2H3,(H,28,29). The van der Waals surface area contributed by atoms with Crippen molar-refractivity contribution < 1.29 is 4.79 Å². The first-order valence-corrected chi connectivity index (χ1v) is 12.2. The fourth-order valence-electron chi connectivity index (χ4n) is 4.62. The predicted octanol–water partition coefficient (Wildman–Crippen LogP) is 3.48. The van der Waals surface area contributed by atoms with Gasteiger partial charge in [-0.25, -0.2) is 19.9 Å².